The first-order chi connectivity index (χ1) is 7.99. The van der Waals surface area contributed by atoms with Gasteiger partial charge in [-0.2, -0.15) is 0 Å². The molecule has 0 saturated heterocycles. The third-order valence-corrected chi connectivity index (χ3v) is 4.56. The van der Waals surface area contributed by atoms with Gasteiger partial charge in [-0.25, -0.2) is 0 Å². The van der Waals surface area contributed by atoms with Gasteiger partial charge in [0.2, 0.25) is 5.91 Å². The van der Waals surface area contributed by atoms with Crippen molar-refractivity contribution >= 4 is 54.9 Å². The van der Waals surface area contributed by atoms with Crippen molar-refractivity contribution in [3.8, 4) is 0 Å². The highest BCUT2D eigenvalue weighted by molar-refractivity contribution is 9.11. The zero-order valence-corrected chi connectivity index (χ0v) is 11.9. The normalized spacial score (nSPS) is 12.9. The number of halogens is 2. The lowest BCUT2D eigenvalue weighted by atomic mass is 10.0. The molecule has 2 aromatic rings. The van der Waals surface area contributed by atoms with Gasteiger partial charge in [-0.05, 0) is 39.5 Å². The van der Waals surface area contributed by atoms with Crippen molar-refractivity contribution in [2.45, 2.75) is 12.5 Å². The molecule has 1 atom stereocenters. The number of rotatable bonds is 3. The first-order valence-electron chi connectivity index (χ1n) is 4.90. The molecule has 0 bridgehead atoms. The van der Waals surface area contributed by atoms with Gasteiger partial charge in [0.05, 0.1) is 3.79 Å². The Morgan fingerprint density at radius 1 is 1.53 bits per heavy atom. The minimum atomic E-state index is -0.411. The van der Waals surface area contributed by atoms with Crippen LogP contribution in [-0.2, 0) is 4.79 Å². The molecule has 6 heteroatoms. The minimum absolute atomic E-state index is 0.122. The fourth-order valence-corrected chi connectivity index (χ4v) is 3.91. The lowest BCUT2D eigenvalue weighted by molar-refractivity contribution is -0.118. The average Bonchev–Trinajstić information content (AvgIpc) is 2.52. The molecule has 0 aliphatic heterocycles. The number of hydrogen-bond acceptors (Lipinski definition) is 3. The number of thiophene rings is 1. The Morgan fingerprint density at radius 2 is 2.24 bits per heavy atom. The number of primary amides is 1. The molecule has 3 nitrogen and oxygen atoms in total. The second-order valence-corrected chi connectivity index (χ2v) is 6.51. The number of carbonyl (C=O) groups excluding carboxylic acids is 1. The van der Waals surface area contributed by atoms with Crippen LogP contribution in [0.15, 0.2) is 22.0 Å². The summed E-state index contributed by atoms with van der Waals surface area (Å²) in [6, 6.07) is 5.21. The first kappa shape index (κ1) is 12.8. The number of carbonyl (C=O) groups is 1. The third-order valence-electron chi connectivity index (χ3n) is 2.43. The molecule has 90 valence electrons. The van der Waals surface area contributed by atoms with Crippen molar-refractivity contribution < 1.29 is 4.79 Å². The molecule has 17 heavy (non-hydrogen) atoms. The number of nitrogens with two attached hydrogens (primary N) is 2. The Balaban J connectivity index is 2.55. The van der Waals surface area contributed by atoms with E-state index in [1.54, 1.807) is 11.3 Å². The fourth-order valence-electron chi connectivity index (χ4n) is 1.72. The summed E-state index contributed by atoms with van der Waals surface area (Å²) in [6.07, 6.45) is 0.122. The monoisotopic (exact) mass is 332 g/mol. The Bertz CT molecular complexity index is 584. The van der Waals surface area contributed by atoms with Crippen LogP contribution in [0.25, 0.3) is 10.1 Å². The number of amides is 1. The molecule has 4 N–H and O–H groups in total. The summed E-state index contributed by atoms with van der Waals surface area (Å²) < 4.78 is 2.00. The molecule has 0 spiro atoms. The number of fused-ring (bicyclic) bond motifs is 1. The van der Waals surface area contributed by atoms with Crippen LogP contribution in [0, 0.1) is 0 Å². The molecule has 1 aromatic heterocycles. The van der Waals surface area contributed by atoms with Crippen LogP contribution in [-0.4, -0.2) is 5.91 Å². The van der Waals surface area contributed by atoms with Gasteiger partial charge in [-0.3, -0.25) is 4.79 Å². The lowest BCUT2D eigenvalue weighted by Gasteiger charge is -2.09. The second kappa shape index (κ2) is 4.94. The summed E-state index contributed by atoms with van der Waals surface area (Å²) in [5, 5.41) is 1.62. The quantitative estimate of drug-likeness (QED) is 0.905. The summed E-state index contributed by atoms with van der Waals surface area (Å²) >= 11 is 11.0. The molecule has 0 aliphatic carbocycles. The maximum absolute atomic E-state index is 10.9. The van der Waals surface area contributed by atoms with Crippen molar-refractivity contribution in [2.75, 3.05) is 0 Å². The summed E-state index contributed by atoms with van der Waals surface area (Å²) in [4.78, 5) is 10.9. The lowest BCUT2D eigenvalue weighted by Crippen LogP contribution is -2.20. The van der Waals surface area contributed by atoms with E-state index in [4.69, 9.17) is 23.1 Å². The Morgan fingerprint density at radius 3 is 2.88 bits per heavy atom. The van der Waals surface area contributed by atoms with Gasteiger partial charge in [0, 0.05) is 27.7 Å². The van der Waals surface area contributed by atoms with E-state index in [-0.39, 0.29) is 6.42 Å². The van der Waals surface area contributed by atoms with E-state index in [1.807, 2.05) is 18.2 Å². The molecule has 0 radical (unpaired) electrons. The van der Waals surface area contributed by atoms with Crippen molar-refractivity contribution in [1.29, 1.82) is 0 Å². The van der Waals surface area contributed by atoms with E-state index < -0.39 is 11.9 Å². The van der Waals surface area contributed by atoms with Crippen LogP contribution in [0.2, 0.25) is 5.02 Å². The third kappa shape index (κ3) is 2.63. The van der Waals surface area contributed by atoms with Gasteiger partial charge < -0.3 is 11.5 Å². The predicted molar refractivity (Wildman–Crippen MR) is 75.3 cm³/mol. The summed E-state index contributed by atoms with van der Waals surface area (Å²) in [5.74, 6) is -0.411. The van der Waals surface area contributed by atoms with Crippen LogP contribution >= 0.6 is 38.9 Å². The number of benzene rings is 1. The second-order valence-electron chi connectivity index (χ2n) is 3.71. The maximum Gasteiger partial charge on any atom is 0.219 e. The van der Waals surface area contributed by atoms with Gasteiger partial charge in [-0.1, -0.05) is 11.6 Å². The summed E-state index contributed by atoms with van der Waals surface area (Å²) in [6.45, 7) is 0. The van der Waals surface area contributed by atoms with E-state index >= 15 is 0 Å². The Hall–Kier alpha value is -0.620. The smallest absolute Gasteiger partial charge is 0.219 e. The van der Waals surface area contributed by atoms with E-state index in [9.17, 15) is 4.79 Å². The van der Waals surface area contributed by atoms with Crippen LogP contribution in [0.3, 0.4) is 0 Å². The molecule has 0 fully saturated rings. The maximum atomic E-state index is 10.9. The van der Waals surface area contributed by atoms with Crippen molar-refractivity contribution in [2.24, 2.45) is 11.5 Å². The standard InChI is InChI=1S/C11H10BrClN2OS/c12-11-10(7(14)4-9(15)16)6-3-5(13)1-2-8(6)17-11/h1-3,7H,4,14H2,(H2,15,16). The fraction of sp³-hybridized carbons (Fsp3) is 0.182. The topological polar surface area (TPSA) is 69.1 Å². The zero-order valence-electron chi connectivity index (χ0n) is 8.74. The van der Waals surface area contributed by atoms with E-state index in [0.29, 0.717) is 5.02 Å². The largest absolute Gasteiger partial charge is 0.370 e. The van der Waals surface area contributed by atoms with Crippen LogP contribution in [0.5, 0.6) is 0 Å². The highest BCUT2D eigenvalue weighted by atomic mass is 79.9. The van der Waals surface area contributed by atoms with Gasteiger partial charge in [0.15, 0.2) is 0 Å². The predicted octanol–water partition coefficient (Wildman–Crippen LogP) is 3.19. The molecule has 1 amide bonds. The van der Waals surface area contributed by atoms with Crippen LogP contribution in [0.4, 0.5) is 0 Å². The molecule has 0 saturated carbocycles. The summed E-state index contributed by atoms with van der Waals surface area (Å²) in [5.41, 5.74) is 12.1. The highest BCUT2D eigenvalue weighted by Gasteiger charge is 2.18. The SMILES string of the molecule is NC(=O)CC(N)c1c(Br)sc2ccc(Cl)cc12. The van der Waals surface area contributed by atoms with Crippen molar-refractivity contribution in [3.63, 3.8) is 0 Å². The molecule has 1 heterocycles. The molecule has 2 rings (SSSR count). The molecular formula is C11H10BrClN2OS. The minimum Gasteiger partial charge on any atom is -0.370 e. The van der Waals surface area contributed by atoms with Crippen LogP contribution < -0.4 is 11.5 Å². The van der Waals surface area contributed by atoms with E-state index in [2.05, 4.69) is 15.9 Å². The van der Waals surface area contributed by atoms with E-state index in [0.717, 1.165) is 19.4 Å². The summed E-state index contributed by atoms with van der Waals surface area (Å²) in [7, 11) is 0. The van der Waals surface area contributed by atoms with E-state index in [1.165, 1.54) is 0 Å². The van der Waals surface area contributed by atoms with Gasteiger partial charge >= 0.3 is 0 Å². The number of hydrogen-bond donors (Lipinski definition) is 2. The molecule has 1 aromatic carbocycles. The molecule has 0 aliphatic rings. The molecule has 1 unspecified atom stereocenters. The van der Waals surface area contributed by atoms with Crippen LogP contribution in [0.1, 0.15) is 18.0 Å². The zero-order chi connectivity index (χ0) is 12.6. The van der Waals surface area contributed by atoms with Gasteiger partial charge in [0.1, 0.15) is 0 Å². The molecular weight excluding hydrogens is 324 g/mol. The Kier molecular flexibility index (Phi) is 3.73. The Labute approximate surface area is 116 Å². The van der Waals surface area contributed by atoms with Gasteiger partial charge in [-0.15, -0.1) is 11.3 Å². The van der Waals surface area contributed by atoms with Crippen molar-refractivity contribution in [1.82, 2.24) is 0 Å². The van der Waals surface area contributed by atoms with Gasteiger partial charge in [0.25, 0.3) is 0 Å². The average molecular weight is 334 g/mol. The highest BCUT2D eigenvalue weighted by Crippen LogP contribution is 2.40. The first-order valence-corrected chi connectivity index (χ1v) is 6.89. The van der Waals surface area contributed by atoms with Crippen molar-refractivity contribution in [3.05, 3.63) is 32.6 Å².